The molecule has 0 aromatic heterocycles. The van der Waals surface area contributed by atoms with Gasteiger partial charge in [-0.25, -0.2) is 9.18 Å². The van der Waals surface area contributed by atoms with Crippen molar-refractivity contribution in [3.63, 3.8) is 0 Å². The van der Waals surface area contributed by atoms with Crippen LogP contribution in [0.4, 0.5) is 4.39 Å². The molecule has 0 radical (unpaired) electrons. The van der Waals surface area contributed by atoms with E-state index >= 15 is 0 Å². The van der Waals surface area contributed by atoms with Gasteiger partial charge < -0.3 is 9.53 Å². The second kappa shape index (κ2) is 4.55. The Morgan fingerprint density at radius 1 is 1.44 bits per heavy atom. The molecule has 0 aliphatic heterocycles. The fourth-order valence-corrected chi connectivity index (χ4v) is 2.26. The molecule has 16 heavy (non-hydrogen) atoms. The van der Waals surface area contributed by atoms with Crippen molar-refractivity contribution in [2.75, 3.05) is 0 Å². The lowest BCUT2D eigenvalue weighted by Gasteiger charge is -2.20. The van der Waals surface area contributed by atoms with Crippen molar-refractivity contribution in [2.24, 2.45) is 0 Å². The van der Waals surface area contributed by atoms with E-state index in [4.69, 9.17) is 9.53 Å². The summed E-state index contributed by atoms with van der Waals surface area (Å²) < 4.78 is 19.0. The Morgan fingerprint density at radius 3 is 2.44 bits per heavy atom. The number of carboxylic acid groups (broad SMARTS) is 1. The minimum atomic E-state index is -1.92. The van der Waals surface area contributed by atoms with E-state index in [9.17, 15) is 9.18 Å². The molecule has 6 heteroatoms. The van der Waals surface area contributed by atoms with Gasteiger partial charge in [0.05, 0.1) is 4.47 Å². The van der Waals surface area contributed by atoms with Crippen LogP contribution in [0.25, 0.3) is 0 Å². The highest BCUT2D eigenvalue weighted by Gasteiger charge is 2.22. The third-order valence-electron chi connectivity index (χ3n) is 1.67. The predicted octanol–water partition coefficient (Wildman–Crippen LogP) is 3.50. The highest BCUT2D eigenvalue weighted by Crippen LogP contribution is 2.28. The maximum absolute atomic E-state index is 13.2. The van der Waals surface area contributed by atoms with Crippen LogP contribution >= 0.6 is 15.9 Å². The molecule has 1 rings (SSSR count). The second-order valence-corrected chi connectivity index (χ2v) is 9.57. The van der Waals surface area contributed by atoms with Crippen LogP contribution in [0, 0.1) is 5.82 Å². The highest BCUT2D eigenvalue weighted by molar-refractivity contribution is 9.10. The van der Waals surface area contributed by atoms with Gasteiger partial charge >= 0.3 is 5.97 Å². The van der Waals surface area contributed by atoms with Gasteiger partial charge in [-0.3, -0.25) is 0 Å². The van der Waals surface area contributed by atoms with Crippen molar-refractivity contribution in [1.29, 1.82) is 0 Å². The third-order valence-corrected chi connectivity index (χ3v) is 3.11. The van der Waals surface area contributed by atoms with Crippen molar-refractivity contribution < 1.29 is 18.7 Å². The third kappa shape index (κ3) is 3.31. The van der Waals surface area contributed by atoms with Gasteiger partial charge in [-0.05, 0) is 47.7 Å². The Kier molecular flexibility index (Phi) is 3.74. The molecule has 0 fully saturated rings. The zero-order valence-corrected chi connectivity index (χ0v) is 11.8. The predicted molar refractivity (Wildman–Crippen MR) is 65.0 cm³/mol. The van der Waals surface area contributed by atoms with Crippen molar-refractivity contribution in [1.82, 2.24) is 0 Å². The summed E-state index contributed by atoms with van der Waals surface area (Å²) in [5.41, 5.74) is -0.150. The summed E-state index contributed by atoms with van der Waals surface area (Å²) in [6, 6.07) is 2.32. The zero-order valence-electron chi connectivity index (χ0n) is 9.17. The highest BCUT2D eigenvalue weighted by atomic mass is 79.9. The van der Waals surface area contributed by atoms with Crippen LogP contribution in [0.1, 0.15) is 10.4 Å². The monoisotopic (exact) mass is 306 g/mol. The smallest absolute Gasteiger partial charge is 0.339 e. The Bertz CT molecular complexity index is 429. The molecule has 0 saturated heterocycles. The number of rotatable bonds is 3. The molecular weight excluding hydrogens is 295 g/mol. The lowest BCUT2D eigenvalue weighted by atomic mass is 10.2. The van der Waals surface area contributed by atoms with E-state index in [1.165, 1.54) is 6.07 Å². The summed E-state index contributed by atoms with van der Waals surface area (Å²) in [6.45, 7) is 5.78. The second-order valence-electron chi connectivity index (χ2n) is 4.28. The molecule has 0 atom stereocenters. The standard InChI is InChI=1S/C10H12BrFO3Si/c1-16(2,3)15-9-5-7(11)8(12)4-6(9)10(13)14/h4-5H,1-3H3,(H,13,14). The van der Waals surface area contributed by atoms with Crippen LogP contribution in [0.5, 0.6) is 5.75 Å². The van der Waals surface area contributed by atoms with Gasteiger partial charge in [0.1, 0.15) is 17.1 Å². The van der Waals surface area contributed by atoms with E-state index in [2.05, 4.69) is 15.9 Å². The average Bonchev–Trinajstić information content (AvgIpc) is 2.07. The SMILES string of the molecule is C[Si](C)(C)Oc1cc(Br)c(F)cc1C(=O)O. The number of hydrogen-bond acceptors (Lipinski definition) is 2. The number of aromatic carboxylic acids is 1. The molecule has 0 bridgehead atoms. The summed E-state index contributed by atoms with van der Waals surface area (Å²) in [5.74, 6) is -1.60. The van der Waals surface area contributed by atoms with E-state index in [-0.39, 0.29) is 15.8 Å². The summed E-state index contributed by atoms with van der Waals surface area (Å²) in [6.07, 6.45) is 0. The van der Waals surface area contributed by atoms with Gasteiger partial charge in [-0.1, -0.05) is 0 Å². The largest absolute Gasteiger partial charge is 0.544 e. The molecule has 0 aliphatic rings. The average molecular weight is 307 g/mol. The zero-order chi connectivity index (χ0) is 12.5. The summed E-state index contributed by atoms with van der Waals surface area (Å²) in [7, 11) is -1.92. The van der Waals surface area contributed by atoms with Crippen LogP contribution in [0.3, 0.4) is 0 Å². The molecule has 0 amide bonds. The molecule has 0 aliphatic carbocycles. The molecule has 1 aromatic rings. The first-order chi connectivity index (χ1) is 7.20. The van der Waals surface area contributed by atoms with Crippen molar-refractivity contribution in [2.45, 2.75) is 19.6 Å². The van der Waals surface area contributed by atoms with Crippen molar-refractivity contribution >= 4 is 30.2 Å². The lowest BCUT2D eigenvalue weighted by molar-refractivity contribution is 0.0694. The van der Waals surface area contributed by atoms with Crippen LogP contribution < -0.4 is 4.43 Å². The van der Waals surface area contributed by atoms with Crippen molar-refractivity contribution in [3.05, 3.63) is 28.0 Å². The van der Waals surface area contributed by atoms with Gasteiger partial charge in [-0.15, -0.1) is 0 Å². The molecule has 0 spiro atoms. The maximum Gasteiger partial charge on any atom is 0.339 e. The molecule has 1 N–H and O–H groups in total. The Hall–Kier alpha value is -0.883. The van der Waals surface area contributed by atoms with Crippen LogP contribution in [0.15, 0.2) is 16.6 Å². The first-order valence-corrected chi connectivity index (χ1v) is 8.82. The summed E-state index contributed by atoms with van der Waals surface area (Å²) in [5, 5.41) is 8.93. The van der Waals surface area contributed by atoms with E-state index in [0.717, 1.165) is 6.07 Å². The summed E-state index contributed by atoms with van der Waals surface area (Å²) >= 11 is 3.00. The minimum Gasteiger partial charge on any atom is -0.544 e. The summed E-state index contributed by atoms with van der Waals surface area (Å²) in [4.78, 5) is 10.9. The molecule has 88 valence electrons. The van der Waals surface area contributed by atoms with Gasteiger partial charge in [0, 0.05) is 0 Å². The normalized spacial score (nSPS) is 11.3. The Morgan fingerprint density at radius 2 is 2.00 bits per heavy atom. The fraction of sp³-hybridized carbons (Fsp3) is 0.300. The van der Waals surface area contributed by atoms with Gasteiger partial charge in [0.25, 0.3) is 0 Å². The Labute approximate surface area is 102 Å². The number of carbonyl (C=O) groups is 1. The molecular formula is C10H12BrFO3Si. The maximum atomic E-state index is 13.2. The van der Waals surface area contributed by atoms with Crippen LogP contribution in [-0.4, -0.2) is 19.4 Å². The molecule has 3 nitrogen and oxygen atoms in total. The molecule has 1 aromatic carbocycles. The van der Waals surface area contributed by atoms with Gasteiger partial charge in [-0.2, -0.15) is 0 Å². The molecule has 0 unspecified atom stereocenters. The van der Waals surface area contributed by atoms with E-state index in [1.54, 1.807) is 0 Å². The quantitative estimate of drug-likeness (QED) is 0.869. The van der Waals surface area contributed by atoms with Gasteiger partial charge in [0.15, 0.2) is 0 Å². The minimum absolute atomic E-state index is 0.150. The number of halogens is 2. The van der Waals surface area contributed by atoms with Gasteiger partial charge in [0.2, 0.25) is 8.32 Å². The number of hydrogen-bond donors (Lipinski definition) is 1. The topological polar surface area (TPSA) is 46.5 Å². The molecule has 0 saturated carbocycles. The van der Waals surface area contributed by atoms with Crippen molar-refractivity contribution in [3.8, 4) is 5.75 Å². The Balaban J connectivity index is 3.25. The number of carboxylic acids is 1. The number of benzene rings is 1. The first-order valence-electron chi connectivity index (χ1n) is 4.62. The van der Waals surface area contributed by atoms with Crippen LogP contribution in [-0.2, 0) is 0 Å². The van der Waals surface area contributed by atoms with E-state index in [1.807, 2.05) is 19.6 Å². The fourth-order valence-electron chi connectivity index (χ4n) is 1.11. The lowest BCUT2D eigenvalue weighted by Crippen LogP contribution is -2.30. The molecule has 0 heterocycles. The van der Waals surface area contributed by atoms with E-state index < -0.39 is 20.1 Å². The van der Waals surface area contributed by atoms with Crippen LogP contribution in [0.2, 0.25) is 19.6 Å². The first kappa shape index (κ1) is 13.2. The van der Waals surface area contributed by atoms with E-state index in [0.29, 0.717) is 0 Å².